The van der Waals surface area contributed by atoms with Crippen LogP contribution in [-0.2, 0) is 9.59 Å². The van der Waals surface area contributed by atoms with Crippen molar-refractivity contribution in [1.82, 2.24) is 4.90 Å². The lowest BCUT2D eigenvalue weighted by atomic mass is 9.99. The molecule has 148 valence electrons. The number of hydrogen-bond acceptors (Lipinski definition) is 4. The molecule has 3 rings (SSSR count). The Hall–Kier alpha value is -2.57. The molecule has 0 spiro atoms. The number of nitrogens with one attached hydrogen (secondary N) is 1. The summed E-state index contributed by atoms with van der Waals surface area (Å²) in [6, 6.07) is 9.25. The van der Waals surface area contributed by atoms with E-state index in [9.17, 15) is 14.7 Å². The summed E-state index contributed by atoms with van der Waals surface area (Å²) in [5.74, 6) is -0.420. The van der Waals surface area contributed by atoms with Gasteiger partial charge in [0.25, 0.3) is 11.7 Å². The summed E-state index contributed by atoms with van der Waals surface area (Å²) in [4.78, 5) is 28.3. The maximum atomic E-state index is 12.8. The number of aryl methyl sites for hydroxylation is 1. The van der Waals surface area contributed by atoms with E-state index < -0.39 is 17.7 Å². The second-order valence-corrected chi connectivity index (χ2v) is 7.69. The van der Waals surface area contributed by atoms with Crippen LogP contribution < -0.4 is 4.90 Å². The van der Waals surface area contributed by atoms with E-state index in [0.717, 1.165) is 13.0 Å². The number of nitrogens with zero attached hydrogens (tertiary/aromatic N) is 1. The summed E-state index contributed by atoms with van der Waals surface area (Å²) in [6.45, 7) is 3.05. The molecule has 0 unspecified atom stereocenters. The number of Topliss-reactive ketones (excluding diaryl/α,β-unsaturated/α-hetero) is 1. The Bertz CT molecular complexity index is 915. The zero-order valence-electron chi connectivity index (χ0n) is 16.2. The van der Waals surface area contributed by atoms with Gasteiger partial charge < -0.3 is 19.3 Å². The maximum absolute atomic E-state index is 12.8. The SMILES string of the molecule is Cc1ccc([C@@H]2C(=C(O)c3ccc(Cl)cc3)C(=O)C(=O)N2CCC[NH+](C)C)o1. The molecule has 1 aromatic heterocycles. The smallest absolute Gasteiger partial charge is 0.295 e. The van der Waals surface area contributed by atoms with E-state index in [1.807, 2.05) is 14.1 Å². The Kier molecular flexibility index (Phi) is 5.91. The van der Waals surface area contributed by atoms with Gasteiger partial charge in [0.05, 0.1) is 26.2 Å². The van der Waals surface area contributed by atoms with Crippen molar-refractivity contribution in [2.24, 2.45) is 0 Å². The van der Waals surface area contributed by atoms with Crippen molar-refractivity contribution in [3.05, 3.63) is 64.1 Å². The average Bonchev–Trinajstić information content (AvgIpc) is 3.18. The fourth-order valence-corrected chi connectivity index (χ4v) is 3.50. The van der Waals surface area contributed by atoms with E-state index in [2.05, 4.69) is 0 Å². The van der Waals surface area contributed by atoms with Gasteiger partial charge in [-0.3, -0.25) is 9.59 Å². The molecule has 1 aliphatic rings. The van der Waals surface area contributed by atoms with Crippen molar-refractivity contribution in [2.75, 3.05) is 27.2 Å². The van der Waals surface area contributed by atoms with Crippen LogP contribution in [0.4, 0.5) is 0 Å². The van der Waals surface area contributed by atoms with E-state index in [1.165, 1.54) is 9.80 Å². The van der Waals surface area contributed by atoms with Crippen LogP contribution in [0.25, 0.3) is 5.76 Å². The van der Waals surface area contributed by atoms with Gasteiger partial charge >= 0.3 is 0 Å². The third kappa shape index (κ3) is 3.98. The highest BCUT2D eigenvalue weighted by atomic mass is 35.5. The highest BCUT2D eigenvalue weighted by Gasteiger charge is 2.47. The molecule has 1 fully saturated rings. The normalized spacial score (nSPS) is 19.0. The number of hydrogen-bond donors (Lipinski definition) is 2. The van der Waals surface area contributed by atoms with Crippen LogP contribution in [0.5, 0.6) is 0 Å². The zero-order valence-corrected chi connectivity index (χ0v) is 16.9. The molecule has 1 atom stereocenters. The van der Waals surface area contributed by atoms with Crippen LogP contribution in [0.2, 0.25) is 5.02 Å². The lowest BCUT2D eigenvalue weighted by Gasteiger charge is -2.23. The first-order valence-electron chi connectivity index (χ1n) is 9.19. The topological polar surface area (TPSA) is 75.2 Å². The van der Waals surface area contributed by atoms with Crippen LogP contribution in [0.3, 0.4) is 0 Å². The van der Waals surface area contributed by atoms with Gasteiger partial charge in [0.15, 0.2) is 0 Å². The Morgan fingerprint density at radius 1 is 1.18 bits per heavy atom. The summed E-state index contributed by atoms with van der Waals surface area (Å²) in [7, 11) is 4.06. The largest absolute Gasteiger partial charge is 0.507 e. The molecule has 2 N–H and O–H groups in total. The molecule has 7 heteroatoms. The summed E-state index contributed by atoms with van der Waals surface area (Å²) < 4.78 is 5.74. The minimum atomic E-state index is -0.749. The van der Waals surface area contributed by atoms with Gasteiger partial charge in [-0.05, 0) is 43.3 Å². The molecule has 0 aliphatic carbocycles. The predicted molar refractivity (Wildman–Crippen MR) is 106 cm³/mol. The Labute approximate surface area is 169 Å². The number of quaternary nitrogens is 1. The predicted octanol–water partition coefficient (Wildman–Crippen LogP) is 2.20. The van der Waals surface area contributed by atoms with Crippen molar-refractivity contribution in [3.63, 3.8) is 0 Å². The Morgan fingerprint density at radius 3 is 2.43 bits per heavy atom. The number of rotatable bonds is 6. The number of ketones is 1. The molecule has 2 heterocycles. The molecule has 6 nitrogen and oxygen atoms in total. The van der Waals surface area contributed by atoms with E-state index in [-0.39, 0.29) is 11.3 Å². The number of halogens is 1. The third-order valence-corrected chi connectivity index (χ3v) is 5.02. The number of furan rings is 1. The molecule has 28 heavy (non-hydrogen) atoms. The summed E-state index contributed by atoms with van der Waals surface area (Å²) >= 11 is 5.92. The number of carbonyl (C=O) groups is 2. The first-order chi connectivity index (χ1) is 13.3. The lowest BCUT2D eigenvalue weighted by Crippen LogP contribution is -3.05. The second-order valence-electron chi connectivity index (χ2n) is 7.26. The van der Waals surface area contributed by atoms with Crippen LogP contribution in [0.15, 0.2) is 46.4 Å². The molecule has 1 saturated heterocycles. The number of carbonyl (C=O) groups excluding carboxylic acids is 2. The van der Waals surface area contributed by atoms with E-state index in [0.29, 0.717) is 28.7 Å². The van der Waals surface area contributed by atoms with Gasteiger partial charge in [0, 0.05) is 23.6 Å². The third-order valence-electron chi connectivity index (χ3n) is 4.76. The average molecular weight is 404 g/mol. The minimum Gasteiger partial charge on any atom is -0.507 e. The van der Waals surface area contributed by atoms with Gasteiger partial charge in [0.1, 0.15) is 23.3 Å². The van der Waals surface area contributed by atoms with Crippen LogP contribution in [-0.4, -0.2) is 48.9 Å². The molecule has 0 radical (unpaired) electrons. The fraction of sp³-hybridized carbons (Fsp3) is 0.333. The molecule has 0 saturated carbocycles. The van der Waals surface area contributed by atoms with Crippen molar-refractivity contribution in [1.29, 1.82) is 0 Å². The minimum absolute atomic E-state index is 0.0406. The number of amides is 1. The number of aliphatic hydroxyl groups is 1. The van der Waals surface area contributed by atoms with Crippen LogP contribution in [0, 0.1) is 6.92 Å². The molecule has 1 amide bonds. The monoisotopic (exact) mass is 403 g/mol. The lowest BCUT2D eigenvalue weighted by molar-refractivity contribution is -0.858. The van der Waals surface area contributed by atoms with Gasteiger partial charge in [-0.2, -0.15) is 0 Å². The summed E-state index contributed by atoms with van der Waals surface area (Å²) in [6.07, 6.45) is 0.729. The van der Waals surface area contributed by atoms with E-state index in [1.54, 1.807) is 43.3 Å². The highest BCUT2D eigenvalue weighted by molar-refractivity contribution is 6.46. The van der Waals surface area contributed by atoms with E-state index >= 15 is 0 Å². The van der Waals surface area contributed by atoms with Crippen LogP contribution >= 0.6 is 11.6 Å². The van der Waals surface area contributed by atoms with Crippen LogP contribution in [0.1, 0.15) is 29.5 Å². The van der Waals surface area contributed by atoms with Gasteiger partial charge in [-0.25, -0.2) is 0 Å². The first-order valence-corrected chi connectivity index (χ1v) is 9.57. The fourth-order valence-electron chi connectivity index (χ4n) is 3.37. The molecule has 0 bridgehead atoms. The van der Waals surface area contributed by atoms with E-state index in [4.69, 9.17) is 16.0 Å². The Balaban J connectivity index is 2.05. The first kappa shape index (κ1) is 20.2. The van der Waals surface area contributed by atoms with Crippen molar-refractivity contribution < 1.29 is 24.0 Å². The van der Waals surface area contributed by atoms with Gasteiger partial charge in [-0.1, -0.05) is 11.6 Å². The van der Waals surface area contributed by atoms with Crippen molar-refractivity contribution in [2.45, 2.75) is 19.4 Å². The molecule has 1 aliphatic heterocycles. The summed E-state index contributed by atoms with van der Waals surface area (Å²) in [5, 5.41) is 11.4. The number of likely N-dealkylation sites (tertiary alicyclic amines) is 1. The Morgan fingerprint density at radius 2 is 1.86 bits per heavy atom. The summed E-state index contributed by atoms with van der Waals surface area (Å²) in [5.41, 5.74) is 0.465. The number of aliphatic hydroxyl groups excluding tert-OH is 1. The quantitative estimate of drug-likeness (QED) is 0.440. The highest BCUT2D eigenvalue weighted by Crippen LogP contribution is 2.40. The van der Waals surface area contributed by atoms with Crippen molar-refractivity contribution in [3.8, 4) is 0 Å². The van der Waals surface area contributed by atoms with Gasteiger partial charge in [-0.15, -0.1) is 0 Å². The molecular formula is C21H24ClN2O4+. The molecular weight excluding hydrogens is 380 g/mol. The standard InChI is InChI=1S/C21H23ClN2O4/c1-13-5-10-16(28-13)18-17(19(25)14-6-8-15(22)9-7-14)20(26)21(27)24(18)12-4-11-23(2)3/h5-10,18,25H,4,11-12H2,1-3H3/p+1/t18-/m1/s1. The molecule has 2 aromatic rings. The van der Waals surface area contributed by atoms with Crippen molar-refractivity contribution >= 4 is 29.1 Å². The maximum Gasteiger partial charge on any atom is 0.295 e. The van der Waals surface area contributed by atoms with Gasteiger partial charge in [0.2, 0.25) is 0 Å². The zero-order chi connectivity index (χ0) is 20.4. The molecule has 1 aromatic carbocycles. The second kappa shape index (κ2) is 8.20. The number of benzene rings is 1.